The third kappa shape index (κ3) is 3.54. The van der Waals surface area contributed by atoms with Crippen LogP contribution in [0, 0.1) is 0 Å². The third-order valence-corrected chi connectivity index (χ3v) is 5.16. The largest absolute Gasteiger partial charge is 0.433 e. The Kier molecular flexibility index (Phi) is 4.68. The molecule has 0 aliphatic rings. The van der Waals surface area contributed by atoms with Crippen molar-refractivity contribution in [2.24, 2.45) is 0 Å². The average molecular weight is 402 g/mol. The first-order valence-corrected chi connectivity index (χ1v) is 9.04. The maximum absolute atomic E-state index is 13.3. The minimum Gasteiger partial charge on any atom is -0.271 e. The highest BCUT2D eigenvalue weighted by Gasteiger charge is 2.39. The zero-order valence-electron chi connectivity index (χ0n) is 12.9. The van der Waals surface area contributed by atoms with Gasteiger partial charge in [0.1, 0.15) is 5.69 Å². The van der Waals surface area contributed by atoms with Gasteiger partial charge in [-0.05, 0) is 18.2 Å². The SMILES string of the molecule is O=S(=O)(Nc1n[nH]c(C(F)(F)F)c1-c1ccccc1Cl)c1ccccc1. The van der Waals surface area contributed by atoms with Gasteiger partial charge in [0.05, 0.1) is 10.5 Å². The highest BCUT2D eigenvalue weighted by molar-refractivity contribution is 7.92. The van der Waals surface area contributed by atoms with Gasteiger partial charge in [0.15, 0.2) is 5.82 Å². The molecule has 0 saturated carbocycles. The highest BCUT2D eigenvalue weighted by Crippen LogP contribution is 2.42. The van der Waals surface area contributed by atoms with Crippen LogP contribution in [0.15, 0.2) is 59.5 Å². The van der Waals surface area contributed by atoms with Crippen LogP contribution in [0.2, 0.25) is 5.02 Å². The van der Waals surface area contributed by atoms with E-state index in [1.54, 1.807) is 12.1 Å². The van der Waals surface area contributed by atoms with Crippen molar-refractivity contribution in [2.75, 3.05) is 4.72 Å². The fourth-order valence-corrected chi connectivity index (χ4v) is 3.60. The van der Waals surface area contributed by atoms with Gasteiger partial charge < -0.3 is 0 Å². The molecule has 3 rings (SSSR count). The van der Waals surface area contributed by atoms with E-state index in [1.165, 1.54) is 42.5 Å². The quantitative estimate of drug-likeness (QED) is 0.673. The molecule has 3 aromatic rings. The number of aromatic amines is 1. The number of rotatable bonds is 4. The van der Waals surface area contributed by atoms with E-state index in [2.05, 4.69) is 9.82 Å². The Balaban J connectivity index is 2.15. The van der Waals surface area contributed by atoms with E-state index in [0.29, 0.717) is 0 Å². The number of halogens is 4. The van der Waals surface area contributed by atoms with Crippen LogP contribution < -0.4 is 4.72 Å². The number of sulfonamides is 1. The Labute approximate surface area is 151 Å². The number of hydrogen-bond donors (Lipinski definition) is 2. The van der Waals surface area contributed by atoms with Gasteiger partial charge in [-0.15, -0.1) is 0 Å². The molecule has 1 aromatic heterocycles. The molecule has 26 heavy (non-hydrogen) atoms. The smallest absolute Gasteiger partial charge is 0.271 e. The van der Waals surface area contributed by atoms with E-state index in [0.717, 1.165) is 0 Å². The number of anilines is 1. The van der Waals surface area contributed by atoms with Gasteiger partial charge in [-0.2, -0.15) is 18.3 Å². The van der Waals surface area contributed by atoms with Gasteiger partial charge in [0.25, 0.3) is 10.0 Å². The first kappa shape index (κ1) is 18.3. The third-order valence-electron chi connectivity index (χ3n) is 3.48. The zero-order valence-corrected chi connectivity index (χ0v) is 14.5. The fourth-order valence-electron chi connectivity index (χ4n) is 2.33. The molecule has 0 fully saturated rings. The fraction of sp³-hybridized carbons (Fsp3) is 0.0625. The molecule has 2 aromatic carbocycles. The van der Waals surface area contributed by atoms with Crippen molar-refractivity contribution in [3.63, 3.8) is 0 Å². The van der Waals surface area contributed by atoms with E-state index in [9.17, 15) is 21.6 Å². The average Bonchev–Trinajstić information content (AvgIpc) is 2.99. The van der Waals surface area contributed by atoms with Crippen LogP contribution in [0.1, 0.15) is 5.69 Å². The number of nitrogens with zero attached hydrogens (tertiary/aromatic N) is 1. The number of aromatic nitrogens is 2. The molecule has 0 amide bonds. The molecule has 136 valence electrons. The summed E-state index contributed by atoms with van der Waals surface area (Å²) in [7, 11) is -4.13. The van der Waals surface area contributed by atoms with Crippen LogP contribution >= 0.6 is 11.6 Å². The van der Waals surface area contributed by atoms with Crippen LogP contribution in [-0.4, -0.2) is 18.6 Å². The Bertz CT molecular complexity index is 1030. The highest BCUT2D eigenvalue weighted by atomic mass is 35.5. The molecule has 0 atom stereocenters. The summed E-state index contributed by atoms with van der Waals surface area (Å²) in [6, 6.07) is 13.0. The lowest BCUT2D eigenvalue weighted by atomic mass is 10.1. The summed E-state index contributed by atoms with van der Waals surface area (Å²) in [6.45, 7) is 0. The van der Waals surface area contributed by atoms with Crippen LogP contribution in [0.5, 0.6) is 0 Å². The topological polar surface area (TPSA) is 74.8 Å². The van der Waals surface area contributed by atoms with Gasteiger partial charge in [-0.3, -0.25) is 9.82 Å². The second kappa shape index (κ2) is 6.65. The predicted octanol–water partition coefficient (Wildman–Crippen LogP) is 4.55. The molecule has 10 heteroatoms. The molecule has 0 spiro atoms. The summed E-state index contributed by atoms with van der Waals surface area (Å²) < 4.78 is 67.0. The Hall–Kier alpha value is -2.52. The van der Waals surface area contributed by atoms with Crippen molar-refractivity contribution in [1.29, 1.82) is 0 Å². The molecule has 5 nitrogen and oxygen atoms in total. The molecule has 2 N–H and O–H groups in total. The second-order valence-corrected chi connectivity index (χ2v) is 7.31. The standard InChI is InChI=1S/C16H11ClF3N3O2S/c17-12-9-5-4-8-11(12)13-14(16(18,19)20)21-22-15(13)23-26(24,25)10-6-2-1-3-7-10/h1-9H,(H2,21,22,23). The van der Waals surface area contributed by atoms with Crippen molar-refractivity contribution < 1.29 is 21.6 Å². The number of H-pyrrole nitrogens is 1. The first-order valence-electron chi connectivity index (χ1n) is 7.18. The predicted molar refractivity (Wildman–Crippen MR) is 91.3 cm³/mol. The molecule has 1 heterocycles. The van der Waals surface area contributed by atoms with Crippen LogP contribution in [-0.2, 0) is 16.2 Å². The van der Waals surface area contributed by atoms with Crippen LogP contribution in [0.4, 0.5) is 19.0 Å². The summed E-state index contributed by atoms with van der Waals surface area (Å²) in [6.07, 6.45) is -4.78. The van der Waals surface area contributed by atoms with Gasteiger partial charge in [0, 0.05) is 10.6 Å². The number of alkyl halides is 3. The molecular weight excluding hydrogens is 391 g/mol. The van der Waals surface area contributed by atoms with Gasteiger partial charge in [0.2, 0.25) is 0 Å². The van der Waals surface area contributed by atoms with Crippen LogP contribution in [0.25, 0.3) is 11.1 Å². The normalized spacial score (nSPS) is 12.2. The lowest BCUT2D eigenvalue weighted by Gasteiger charge is -2.12. The van der Waals surface area contributed by atoms with Crippen molar-refractivity contribution >= 4 is 27.4 Å². The molecule has 0 radical (unpaired) electrons. The summed E-state index contributed by atoms with van der Waals surface area (Å²) in [5, 5.41) is 5.40. The van der Waals surface area contributed by atoms with E-state index < -0.39 is 33.3 Å². The molecular formula is C16H11ClF3N3O2S. The maximum Gasteiger partial charge on any atom is 0.433 e. The van der Waals surface area contributed by atoms with Crippen molar-refractivity contribution in [2.45, 2.75) is 11.1 Å². The number of nitrogens with one attached hydrogen (secondary N) is 2. The zero-order chi connectivity index (χ0) is 18.9. The minimum absolute atomic E-state index is 0.000929. The van der Waals surface area contributed by atoms with E-state index in [4.69, 9.17) is 11.6 Å². The van der Waals surface area contributed by atoms with E-state index >= 15 is 0 Å². The van der Waals surface area contributed by atoms with Crippen LogP contribution in [0.3, 0.4) is 0 Å². The summed E-state index contributed by atoms with van der Waals surface area (Å²) in [4.78, 5) is -0.110. The Morgan fingerprint density at radius 1 is 1.00 bits per heavy atom. The van der Waals surface area contributed by atoms with Crippen molar-refractivity contribution in [1.82, 2.24) is 10.2 Å². The summed E-state index contributed by atoms with van der Waals surface area (Å²) in [5.74, 6) is -0.491. The molecule has 0 aliphatic carbocycles. The Morgan fingerprint density at radius 2 is 1.62 bits per heavy atom. The number of benzene rings is 2. The second-order valence-electron chi connectivity index (χ2n) is 5.22. The van der Waals surface area contributed by atoms with Crippen molar-refractivity contribution in [3.8, 4) is 11.1 Å². The van der Waals surface area contributed by atoms with Gasteiger partial charge in [-0.1, -0.05) is 48.0 Å². The minimum atomic E-state index is -4.78. The number of hydrogen-bond acceptors (Lipinski definition) is 3. The van der Waals surface area contributed by atoms with Gasteiger partial charge in [-0.25, -0.2) is 8.42 Å². The summed E-state index contributed by atoms with van der Waals surface area (Å²) in [5.41, 5.74) is -1.67. The Morgan fingerprint density at radius 3 is 2.23 bits per heavy atom. The molecule has 0 unspecified atom stereocenters. The van der Waals surface area contributed by atoms with E-state index in [-0.39, 0.29) is 15.5 Å². The summed E-state index contributed by atoms with van der Waals surface area (Å²) >= 11 is 6.01. The monoisotopic (exact) mass is 401 g/mol. The van der Waals surface area contributed by atoms with Crippen molar-refractivity contribution in [3.05, 3.63) is 65.3 Å². The molecule has 0 aliphatic heterocycles. The lowest BCUT2D eigenvalue weighted by molar-refractivity contribution is -0.140. The lowest BCUT2D eigenvalue weighted by Crippen LogP contribution is -2.14. The first-order chi connectivity index (χ1) is 12.2. The molecule has 0 saturated heterocycles. The maximum atomic E-state index is 13.3. The van der Waals surface area contributed by atoms with Gasteiger partial charge >= 0.3 is 6.18 Å². The van der Waals surface area contributed by atoms with E-state index in [1.807, 2.05) is 5.10 Å². The molecule has 0 bridgehead atoms.